The number of hydrogen-bond donors (Lipinski definition) is 1. The first-order valence-corrected chi connectivity index (χ1v) is 10.3. The Morgan fingerprint density at radius 3 is 2.66 bits per heavy atom. The molecule has 2 N–H and O–H groups in total. The number of esters is 1. The molecule has 7 nitrogen and oxygen atoms in total. The summed E-state index contributed by atoms with van der Waals surface area (Å²) in [4.78, 5) is 12.7. The summed E-state index contributed by atoms with van der Waals surface area (Å²) >= 11 is 6.19. The van der Waals surface area contributed by atoms with Gasteiger partial charge in [0.2, 0.25) is 5.88 Å². The highest BCUT2D eigenvalue weighted by Crippen LogP contribution is 2.41. The summed E-state index contributed by atoms with van der Waals surface area (Å²) in [5, 5.41) is 10.2. The van der Waals surface area contributed by atoms with Crippen LogP contribution in [0.2, 0.25) is 5.02 Å². The number of carbonyl (C=O) groups is 1. The third-order valence-corrected chi connectivity index (χ3v) is 5.27. The van der Waals surface area contributed by atoms with Crippen LogP contribution in [0.15, 0.2) is 65.3 Å². The molecule has 3 rings (SSSR count). The normalized spacial score (nSPS) is 15.7. The first kappa shape index (κ1) is 23.0. The number of methoxy groups -OCH3 is 1. The van der Waals surface area contributed by atoms with Gasteiger partial charge in [0.1, 0.15) is 35.5 Å². The molecule has 1 heterocycles. The van der Waals surface area contributed by atoms with E-state index in [1.165, 1.54) is 0 Å². The van der Waals surface area contributed by atoms with Gasteiger partial charge in [-0.2, -0.15) is 5.26 Å². The van der Waals surface area contributed by atoms with Crippen LogP contribution in [0.25, 0.3) is 0 Å². The fraction of sp³-hybridized carbons (Fsp3) is 0.250. The van der Waals surface area contributed by atoms with Gasteiger partial charge in [0, 0.05) is 5.56 Å². The largest absolute Gasteiger partial charge is 0.496 e. The molecule has 0 bridgehead atoms. The number of ether oxygens (including phenoxy) is 4. The monoisotopic (exact) mass is 454 g/mol. The van der Waals surface area contributed by atoms with Crippen LogP contribution in [-0.4, -0.2) is 19.7 Å². The number of nitrogens with two attached hydrogens (primary N) is 1. The Bertz CT molecular complexity index is 1130. The molecular formula is C24H23ClN2O5. The van der Waals surface area contributed by atoms with Crippen LogP contribution >= 0.6 is 11.6 Å². The van der Waals surface area contributed by atoms with Gasteiger partial charge in [0.15, 0.2) is 0 Å². The van der Waals surface area contributed by atoms with E-state index < -0.39 is 11.9 Å². The molecule has 1 aliphatic rings. The third kappa shape index (κ3) is 4.66. The Balaban J connectivity index is 2.04. The number of para-hydroxylation sites is 1. The van der Waals surface area contributed by atoms with E-state index in [1.807, 2.05) is 18.2 Å². The van der Waals surface area contributed by atoms with E-state index in [-0.39, 0.29) is 36.0 Å². The molecule has 0 radical (unpaired) electrons. The second-order valence-corrected chi connectivity index (χ2v) is 7.31. The number of allylic oxidation sites excluding steroid dienone is 2. The summed E-state index contributed by atoms with van der Waals surface area (Å²) in [6.07, 6.45) is 0. The first-order valence-electron chi connectivity index (χ1n) is 9.90. The van der Waals surface area contributed by atoms with Crippen molar-refractivity contribution in [3.05, 3.63) is 81.4 Å². The summed E-state index contributed by atoms with van der Waals surface area (Å²) in [7, 11) is 1.55. The van der Waals surface area contributed by atoms with E-state index in [4.69, 9.17) is 36.3 Å². The molecule has 0 saturated heterocycles. The maximum absolute atomic E-state index is 12.7. The van der Waals surface area contributed by atoms with Crippen molar-refractivity contribution in [3.63, 3.8) is 0 Å². The molecule has 0 fully saturated rings. The molecule has 0 spiro atoms. The van der Waals surface area contributed by atoms with Crippen molar-refractivity contribution < 1.29 is 23.7 Å². The molecule has 0 amide bonds. The predicted molar refractivity (Wildman–Crippen MR) is 119 cm³/mol. The second kappa shape index (κ2) is 10.1. The number of nitriles is 1. The van der Waals surface area contributed by atoms with E-state index in [2.05, 4.69) is 6.07 Å². The summed E-state index contributed by atoms with van der Waals surface area (Å²) < 4.78 is 22.0. The molecule has 1 atom stereocenters. The maximum Gasteiger partial charge on any atom is 0.338 e. The average Bonchev–Trinajstić information content (AvgIpc) is 2.78. The van der Waals surface area contributed by atoms with Crippen molar-refractivity contribution >= 4 is 17.6 Å². The van der Waals surface area contributed by atoms with Gasteiger partial charge in [-0.1, -0.05) is 29.8 Å². The number of benzene rings is 2. The zero-order chi connectivity index (χ0) is 23.3. The van der Waals surface area contributed by atoms with Crippen LogP contribution < -0.4 is 15.2 Å². The molecule has 1 aliphatic heterocycles. The van der Waals surface area contributed by atoms with Crippen molar-refractivity contribution in [1.29, 1.82) is 5.26 Å². The summed E-state index contributed by atoms with van der Waals surface area (Å²) in [6.45, 7) is 3.66. The Morgan fingerprint density at radius 2 is 2.00 bits per heavy atom. The first-order chi connectivity index (χ1) is 15.4. The quantitative estimate of drug-likeness (QED) is 0.611. The highest BCUT2D eigenvalue weighted by atomic mass is 35.5. The van der Waals surface area contributed by atoms with Crippen LogP contribution in [0.5, 0.6) is 11.5 Å². The summed E-state index contributed by atoms with van der Waals surface area (Å²) in [5.41, 5.74) is 7.67. The van der Waals surface area contributed by atoms with Gasteiger partial charge in [0.05, 0.1) is 30.2 Å². The van der Waals surface area contributed by atoms with Crippen molar-refractivity contribution in [3.8, 4) is 17.6 Å². The minimum Gasteiger partial charge on any atom is -0.496 e. The number of halogens is 1. The van der Waals surface area contributed by atoms with Gasteiger partial charge in [-0.25, -0.2) is 4.79 Å². The Hall–Kier alpha value is -3.63. The Labute approximate surface area is 191 Å². The molecule has 0 saturated carbocycles. The zero-order valence-electron chi connectivity index (χ0n) is 18.0. The summed E-state index contributed by atoms with van der Waals surface area (Å²) in [6, 6.07) is 14.5. The van der Waals surface area contributed by atoms with E-state index in [0.29, 0.717) is 27.6 Å². The van der Waals surface area contributed by atoms with Gasteiger partial charge in [-0.3, -0.25) is 0 Å². The van der Waals surface area contributed by atoms with Crippen LogP contribution in [0.3, 0.4) is 0 Å². The number of carbonyl (C=O) groups excluding carboxylic acids is 1. The van der Waals surface area contributed by atoms with E-state index >= 15 is 0 Å². The van der Waals surface area contributed by atoms with Crippen LogP contribution in [0, 0.1) is 11.3 Å². The minimum absolute atomic E-state index is 0.0484. The lowest BCUT2D eigenvalue weighted by molar-refractivity contribution is -0.139. The van der Waals surface area contributed by atoms with Crippen molar-refractivity contribution in [2.24, 2.45) is 5.73 Å². The average molecular weight is 455 g/mol. The lowest BCUT2D eigenvalue weighted by Crippen LogP contribution is -2.25. The topological polar surface area (TPSA) is 104 Å². The van der Waals surface area contributed by atoms with Gasteiger partial charge in [-0.05, 0) is 43.7 Å². The van der Waals surface area contributed by atoms with Gasteiger partial charge < -0.3 is 24.7 Å². The number of hydrogen-bond acceptors (Lipinski definition) is 7. The summed E-state index contributed by atoms with van der Waals surface area (Å²) in [5.74, 6) is 0.0271. The second-order valence-electron chi connectivity index (χ2n) is 6.91. The molecule has 0 aliphatic carbocycles. The molecule has 2 aromatic carbocycles. The van der Waals surface area contributed by atoms with E-state index in [1.54, 1.807) is 45.2 Å². The van der Waals surface area contributed by atoms with Crippen molar-refractivity contribution in [1.82, 2.24) is 0 Å². The molecular weight excluding hydrogens is 432 g/mol. The highest BCUT2D eigenvalue weighted by Gasteiger charge is 2.36. The molecule has 2 aromatic rings. The van der Waals surface area contributed by atoms with Crippen molar-refractivity contribution in [2.45, 2.75) is 26.4 Å². The van der Waals surface area contributed by atoms with E-state index in [0.717, 1.165) is 0 Å². The van der Waals surface area contributed by atoms with Gasteiger partial charge in [0.25, 0.3) is 0 Å². The molecule has 8 heteroatoms. The van der Waals surface area contributed by atoms with Crippen LogP contribution in [0.1, 0.15) is 30.9 Å². The number of nitrogens with zero attached hydrogens (tertiary/aromatic N) is 1. The predicted octanol–water partition coefficient (Wildman–Crippen LogP) is 4.57. The molecule has 0 unspecified atom stereocenters. The smallest absolute Gasteiger partial charge is 0.338 e. The Morgan fingerprint density at radius 1 is 1.25 bits per heavy atom. The highest BCUT2D eigenvalue weighted by molar-refractivity contribution is 6.32. The molecule has 166 valence electrons. The van der Waals surface area contributed by atoms with E-state index in [9.17, 15) is 10.1 Å². The minimum atomic E-state index is -0.752. The Kier molecular flexibility index (Phi) is 7.29. The lowest BCUT2D eigenvalue weighted by Gasteiger charge is -2.27. The third-order valence-electron chi connectivity index (χ3n) is 4.96. The maximum atomic E-state index is 12.7. The fourth-order valence-electron chi connectivity index (χ4n) is 3.50. The molecule has 0 aromatic heterocycles. The van der Waals surface area contributed by atoms with Crippen LogP contribution in [0.4, 0.5) is 0 Å². The standard InChI is InChI=1S/C24H23ClN2O5/c1-4-30-24(28)21-14(2)32-23(27)17(12-26)22(21)15-9-10-19(29-3)16(11-15)13-31-20-8-6-5-7-18(20)25/h5-11,22H,4,13,27H2,1-3H3/t22-/m0/s1. The zero-order valence-corrected chi connectivity index (χ0v) is 18.7. The fourth-order valence-corrected chi connectivity index (χ4v) is 3.69. The number of rotatable bonds is 7. The lowest BCUT2D eigenvalue weighted by atomic mass is 9.82. The molecule has 32 heavy (non-hydrogen) atoms. The van der Waals surface area contributed by atoms with Gasteiger partial charge >= 0.3 is 5.97 Å². The SMILES string of the molecule is CCOC(=O)C1=C(C)OC(N)=C(C#N)[C@@H]1c1ccc(OC)c(COc2ccccc2Cl)c1. The van der Waals surface area contributed by atoms with Crippen LogP contribution in [-0.2, 0) is 20.9 Å². The van der Waals surface area contributed by atoms with Crippen molar-refractivity contribution in [2.75, 3.05) is 13.7 Å². The van der Waals surface area contributed by atoms with Gasteiger partial charge in [-0.15, -0.1) is 0 Å².